The van der Waals surface area contributed by atoms with Crippen LogP contribution in [0.4, 0.5) is 0 Å². The van der Waals surface area contributed by atoms with Gasteiger partial charge in [0.25, 0.3) is 0 Å². The van der Waals surface area contributed by atoms with E-state index in [0.717, 1.165) is 31.2 Å². The predicted octanol–water partition coefficient (Wildman–Crippen LogP) is 5.33. The van der Waals surface area contributed by atoms with Crippen molar-refractivity contribution in [3.05, 3.63) is 58.7 Å². The summed E-state index contributed by atoms with van der Waals surface area (Å²) in [5, 5.41) is 19.9. The van der Waals surface area contributed by atoms with Crippen LogP contribution in [0.25, 0.3) is 0 Å². The first-order valence-corrected chi connectivity index (χ1v) is 8.55. The standard InChI is InChI=1S/C21H28O2/c1-5-7-17-18(8-6-2)20(23)14-13-19(17)21(3,4)15-9-11-16(22)12-10-15/h9-14,22-23H,5-8H2,1-4H3. The molecule has 2 aromatic rings. The summed E-state index contributed by atoms with van der Waals surface area (Å²) in [6, 6.07) is 11.3. The van der Waals surface area contributed by atoms with Crippen molar-refractivity contribution in [3.63, 3.8) is 0 Å². The number of aromatic hydroxyl groups is 2. The molecule has 2 heteroatoms. The fourth-order valence-corrected chi connectivity index (χ4v) is 3.36. The molecule has 0 aliphatic heterocycles. The SMILES string of the molecule is CCCc1c(O)ccc(C(C)(C)c2ccc(O)cc2)c1CCC. The lowest BCUT2D eigenvalue weighted by atomic mass is 9.74. The van der Waals surface area contributed by atoms with Gasteiger partial charge >= 0.3 is 0 Å². The van der Waals surface area contributed by atoms with Crippen LogP contribution in [0.5, 0.6) is 11.5 Å². The Hall–Kier alpha value is -1.96. The molecule has 0 aliphatic rings. The normalized spacial score (nSPS) is 11.7. The minimum Gasteiger partial charge on any atom is -0.508 e. The van der Waals surface area contributed by atoms with E-state index < -0.39 is 0 Å². The molecule has 0 spiro atoms. The van der Waals surface area contributed by atoms with Crippen molar-refractivity contribution in [3.8, 4) is 11.5 Å². The van der Waals surface area contributed by atoms with Crippen molar-refractivity contribution in [1.29, 1.82) is 0 Å². The van der Waals surface area contributed by atoms with Gasteiger partial charge in [-0.2, -0.15) is 0 Å². The van der Waals surface area contributed by atoms with Crippen LogP contribution >= 0.6 is 0 Å². The smallest absolute Gasteiger partial charge is 0.119 e. The molecule has 0 saturated heterocycles. The van der Waals surface area contributed by atoms with Crippen molar-refractivity contribution in [2.45, 2.75) is 58.8 Å². The summed E-state index contributed by atoms with van der Waals surface area (Å²) in [5.41, 5.74) is 4.65. The fraction of sp³-hybridized carbons (Fsp3) is 0.429. The predicted molar refractivity (Wildman–Crippen MR) is 96.3 cm³/mol. The molecule has 2 N–H and O–H groups in total. The van der Waals surface area contributed by atoms with E-state index in [1.54, 1.807) is 12.1 Å². The molecule has 0 saturated carbocycles. The molecule has 23 heavy (non-hydrogen) atoms. The monoisotopic (exact) mass is 312 g/mol. The number of phenols is 2. The maximum Gasteiger partial charge on any atom is 0.119 e. The van der Waals surface area contributed by atoms with Gasteiger partial charge in [-0.25, -0.2) is 0 Å². The van der Waals surface area contributed by atoms with Gasteiger partial charge in [-0.3, -0.25) is 0 Å². The van der Waals surface area contributed by atoms with Crippen molar-refractivity contribution >= 4 is 0 Å². The number of hydrogen-bond donors (Lipinski definition) is 2. The Morgan fingerprint density at radius 1 is 0.783 bits per heavy atom. The Labute approximate surface area is 139 Å². The summed E-state index contributed by atoms with van der Waals surface area (Å²) in [5.74, 6) is 0.705. The van der Waals surface area contributed by atoms with Crippen LogP contribution in [-0.4, -0.2) is 10.2 Å². The third-order valence-electron chi connectivity index (χ3n) is 4.67. The zero-order valence-electron chi connectivity index (χ0n) is 14.7. The average molecular weight is 312 g/mol. The van der Waals surface area contributed by atoms with Gasteiger partial charge in [-0.15, -0.1) is 0 Å². The topological polar surface area (TPSA) is 40.5 Å². The quantitative estimate of drug-likeness (QED) is 0.757. The van der Waals surface area contributed by atoms with E-state index in [0.29, 0.717) is 5.75 Å². The Kier molecular flexibility index (Phi) is 5.35. The van der Waals surface area contributed by atoms with Crippen LogP contribution < -0.4 is 0 Å². The van der Waals surface area contributed by atoms with Gasteiger partial charge in [0.05, 0.1) is 0 Å². The van der Waals surface area contributed by atoms with Gasteiger partial charge in [0.2, 0.25) is 0 Å². The summed E-state index contributed by atoms with van der Waals surface area (Å²) >= 11 is 0. The van der Waals surface area contributed by atoms with E-state index >= 15 is 0 Å². The highest BCUT2D eigenvalue weighted by Crippen LogP contribution is 2.38. The highest BCUT2D eigenvalue weighted by molar-refractivity contribution is 5.51. The van der Waals surface area contributed by atoms with E-state index in [1.807, 2.05) is 18.2 Å². The van der Waals surface area contributed by atoms with Crippen molar-refractivity contribution in [2.75, 3.05) is 0 Å². The second kappa shape index (κ2) is 7.08. The second-order valence-corrected chi connectivity index (χ2v) is 6.76. The molecule has 0 heterocycles. The number of benzene rings is 2. The van der Waals surface area contributed by atoms with Crippen LogP contribution in [0.15, 0.2) is 36.4 Å². The number of phenolic OH excluding ortho intramolecular Hbond substituents is 2. The van der Waals surface area contributed by atoms with E-state index in [2.05, 4.69) is 33.8 Å². The van der Waals surface area contributed by atoms with Gasteiger partial charge in [0.15, 0.2) is 0 Å². The summed E-state index contributed by atoms with van der Waals surface area (Å²) in [4.78, 5) is 0. The summed E-state index contributed by atoms with van der Waals surface area (Å²) in [6.45, 7) is 8.74. The minimum absolute atomic E-state index is 0.172. The maximum atomic E-state index is 10.3. The molecule has 2 aromatic carbocycles. The van der Waals surface area contributed by atoms with Crippen LogP contribution in [0.1, 0.15) is 62.8 Å². The largest absolute Gasteiger partial charge is 0.508 e. The first-order chi connectivity index (χ1) is 10.9. The minimum atomic E-state index is -0.172. The van der Waals surface area contributed by atoms with E-state index in [4.69, 9.17) is 0 Å². The van der Waals surface area contributed by atoms with E-state index in [-0.39, 0.29) is 11.2 Å². The zero-order valence-corrected chi connectivity index (χ0v) is 14.7. The lowest BCUT2D eigenvalue weighted by molar-refractivity contribution is 0.464. The van der Waals surface area contributed by atoms with Gasteiger partial charge < -0.3 is 10.2 Å². The molecule has 0 unspecified atom stereocenters. The zero-order chi connectivity index (χ0) is 17.0. The molecule has 0 bridgehead atoms. The fourth-order valence-electron chi connectivity index (χ4n) is 3.36. The molecule has 124 valence electrons. The summed E-state index contributed by atoms with van der Waals surface area (Å²) in [6.07, 6.45) is 3.95. The third-order valence-corrected chi connectivity index (χ3v) is 4.67. The summed E-state index contributed by atoms with van der Waals surface area (Å²) < 4.78 is 0. The first-order valence-electron chi connectivity index (χ1n) is 8.55. The van der Waals surface area contributed by atoms with Gasteiger partial charge in [0, 0.05) is 5.41 Å². The second-order valence-electron chi connectivity index (χ2n) is 6.76. The van der Waals surface area contributed by atoms with Gasteiger partial charge in [-0.1, -0.05) is 58.7 Å². The molecule has 0 aliphatic carbocycles. The van der Waals surface area contributed by atoms with Crippen molar-refractivity contribution in [1.82, 2.24) is 0 Å². The van der Waals surface area contributed by atoms with Crippen molar-refractivity contribution < 1.29 is 10.2 Å². The average Bonchev–Trinajstić information content (AvgIpc) is 2.51. The van der Waals surface area contributed by atoms with Crippen LogP contribution in [-0.2, 0) is 18.3 Å². The molecular weight excluding hydrogens is 284 g/mol. The Morgan fingerprint density at radius 3 is 1.91 bits per heavy atom. The molecule has 0 amide bonds. The van der Waals surface area contributed by atoms with E-state index in [9.17, 15) is 10.2 Å². The maximum absolute atomic E-state index is 10.3. The molecule has 2 nitrogen and oxygen atoms in total. The summed E-state index contributed by atoms with van der Waals surface area (Å²) in [7, 11) is 0. The highest BCUT2D eigenvalue weighted by atomic mass is 16.3. The molecular formula is C21H28O2. The lowest BCUT2D eigenvalue weighted by Crippen LogP contribution is -2.22. The highest BCUT2D eigenvalue weighted by Gasteiger charge is 2.27. The third kappa shape index (κ3) is 3.52. The molecule has 0 radical (unpaired) electrons. The van der Waals surface area contributed by atoms with E-state index in [1.165, 1.54) is 16.7 Å². The molecule has 0 atom stereocenters. The Morgan fingerprint density at radius 2 is 1.35 bits per heavy atom. The molecule has 0 fully saturated rings. The Bertz CT molecular complexity index is 654. The number of rotatable bonds is 6. The number of hydrogen-bond acceptors (Lipinski definition) is 2. The lowest BCUT2D eigenvalue weighted by Gasteiger charge is -2.30. The molecule has 2 rings (SSSR count). The van der Waals surface area contributed by atoms with Crippen molar-refractivity contribution in [2.24, 2.45) is 0 Å². The van der Waals surface area contributed by atoms with Crippen LogP contribution in [0.3, 0.4) is 0 Å². The van der Waals surface area contributed by atoms with Gasteiger partial charge in [0.1, 0.15) is 11.5 Å². The first kappa shape index (κ1) is 17.4. The molecule has 0 aromatic heterocycles. The van der Waals surface area contributed by atoms with Gasteiger partial charge in [-0.05, 0) is 53.3 Å². The Balaban J connectivity index is 2.60. The van der Waals surface area contributed by atoms with Crippen LogP contribution in [0, 0.1) is 0 Å². The van der Waals surface area contributed by atoms with Crippen LogP contribution in [0.2, 0.25) is 0 Å².